The summed E-state index contributed by atoms with van der Waals surface area (Å²) in [7, 11) is 1.90. The van der Waals surface area contributed by atoms with Crippen molar-refractivity contribution in [3.05, 3.63) is 40.2 Å². The van der Waals surface area contributed by atoms with Crippen molar-refractivity contribution in [3.63, 3.8) is 0 Å². The standard InChI is InChI=1S/C13H16ClN3O/c1-8-13(9(2)17(3)16-8)15-7-10-11(14)5-4-6-12(10)18/h4-6,15,18H,7H2,1-3H3. The number of nitrogens with zero attached hydrogens (tertiary/aromatic N) is 2. The molecule has 0 saturated carbocycles. The van der Waals surface area contributed by atoms with Crippen molar-refractivity contribution in [3.8, 4) is 5.75 Å². The van der Waals surface area contributed by atoms with Gasteiger partial charge in [0, 0.05) is 24.2 Å². The number of hydrogen-bond donors (Lipinski definition) is 2. The largest absolute Gasteiger partial charge is 0.508 e. The predicted molar refractivity (Wildman–Crippen MR) is 73.1 cm³/mol. The first-order valence-electron chi connectivity index (χ1n) is 5.71. The van der Waals surface area contributed by atoms with Gasteiger partial charge in [-0.1, -0.05) is 17.7 Å². The van der Waals surface area contributed by atoms with Crippen LogP contribution in [0.25, 0.3) is 0 Å². The molecule has 0 aliphatic carbocycles. The lowest BCUT2D eigenvalue weighted by molar-refractivity contribution is 0.469. The van der Waals surface area contributed by atoms with E-state index in [1.54, 1.807) is 18.2 Å². The van der Waals surface area contributed by atoms with Crippen molar-refractivity contribution in [2.45, 2.75) is 20.4 Å². The van der Waals surface area contributed by atoms with E-state index in [-0.39, 0.29) is 5.75 Å². The van der Waals surface area contributed by atoms with E-state index in [2.05, 4.69) is 10.4 Å². The summed E-state index contributed by atoms with van der Waals surface area (Å²) < 4.78 is 1.82. The molecule has 0 radical (unpaired) electrons. The predicted octanol–water partition coefficient (Wildman–Crippen LogP) is 3.01. The molecule has 2 N–H and O–H groups in total. The number of halogens is 1. The Morgan fingerprint density at radius 1 is 1.39 bits per heavy atom. The highest BCUT2D eigenvalue weighted by Gasteiger charge is 2.11. The number of anilines is 1. The van der Waals surface area contributed by atoms with Crippen molar-refractivity contribution in [1.82, 2.24) is 9.78 Å². The van der Waals surface area contributed by atoms with E-state index in [1.807, 2.05) is 25.6 Å². The zero-order chi connectivity index (χ0) is 13.3. The molecule has 0 fully saturated rings. The fraction of sp³-hybridized carbons (Fsp3) is 0.308. The summed E-state index contributed by atoms with van der Waals surface area (Å²) in [5.74, 6) is 0.203. The first kappa shape index (κ1) is 12.8. The lowest BCUT2D eigenvalue weighted by Crippen LogP contribution is -2.02. The molecule has 96 valence electrons. The average molecular weight is 266 g/mol. The Morgan fingerprint density at radius 2 is 2.11 bits per heavy atom. The number of aromatic hydroxyl groups is 1. The van der Waals surface area contributed by atoms with Gasteiger partial charge in [0.25, 0.3) is 0 Å². The first-order valence-corrected chi connectivity index (χ1v) is 6.09. The van der Waals surface area contributed by atoms with Gasteiger partial charge in [0.2, 0.25) is 0 Å². The van der Waals surface area contributed by atoms with Crippen LogP contribution in [-0.4, -0.2) is 14.9 Å². The molecule has 2 rings (SSSR count). The Hall–Kier alpha value is -1.68. The molecular weight excluding hydrogens is 250 g/mol. The monoisotopic (exact) mass is 265 g/mol. The second-order valence-electron chi connectivity index (χ2n) is 4.26. The number of hydrogen-bond acceptors (Lipinski definition) is 3. The van der Waals surface area contributed by atoms with Gasteiger partial charge in [-0.25, -0.2) is 0 Å². The van der Waals surface area contributed by atoms with Crippen LogP contribution in [0.4, 0.5) is 5.69 Å². The maximum Gasteiger partial charge on any atom is 0.122 e. The van der Waals surface area contributed by atoms with Crippen LogP contribution in [0.5, 0.6) is 5.75 Å². The van der Waals surface area contributed by atoms with Gasteiger partial charge in [-0.15, -0.1) is 0 Å². The lowest BCUT2D eigenvalue weighted by Gasteiger charge is -2.10. The van der Waals surface area contributed by atoms with Crippen molar-refractivity contribution in [2.75, 3.05) is 5.32 Å². The molecule has 1 aromatic carbocycles. The summed E-state index contributed by atoms with van der Waals surface area (Å²) in [6.45, 7) is 4.41. The molecule has 0 bridgehead atoms. The third kappa shape index (κ3) is 2.29. The molecular formula is C13H16ClN3O. The summed E-state index contributed by atoms with van der Waals surface area (Å²) in [5.41, 5.74) is 3.67. The Balaban J connectivity index is 2.22. The van der Waals surface area contributed by atoms with Gasteiger partial charge < -0.3 is 10.4 Å². The molecule has 1 aromatic heterocycles. The molecule has 0 saturated heterocycles. The smallest absolute Gasteiger partial charge is 0.122 e. The number of phenols is 1. The molecule has 4 nitrogen and oxygen atoms in total. The zero-order valence-electron chi connectivity index (χ0n) is 10.7. The van der Waals surface area contributed by atoms with Crippen LogP contribution in [0.2, 0.25) is 5.02 Å². The van der Waals surface area contributed by atoms with E-state index < -0.39 is 0 Å². The van der Waals surface area contributed by atoms with E-state index >= 15 is 0 Å². The van der Waals surface area contributed by atoms with E-state index in [0.29, 0.717) is 17.1 Å². The fourth-order valence-electron chi connectivity index (χ4n) is 1.93. The van der Waals surface area contributed by atoms with Gasteiger partial charge in [-0.2, -0.15) is 5.10 Å². The second-order valence-corrected chi connectivity index (χ2v) is 4.67. The number of benzene rings is 1. The molecule has 0 aliphatic heterocycles. The minimum Gasteiger partial charge on any atom is -0.508 e. The van der Waals surface area contributed by atoms with Crippen LogP contribution in [-0.2, 0) is 13.6 Å². The van der Waals surface area contributed by atoms with Crippen LogP contribution in [0, 0.1) is 13.8 Å². The topological polar surface area (TPSA) is 50.1 Å². The summed E-state index contributed by atoms with van der Waals surface area (Å²) in [6.07, 6.45) is 0. The van der Waals surface area contributed by atoms with Gasteiger partial charge >= 0.3 is 0 Å². The van der Waals surface area contributed by atoms with Gasteiger partial charge in [0.1, 0.15) is 5.75 Å². The maximum atomic E-state index is 9.77. The minimum atomic E-state index is 0.203. The summed E-state index contributed by atoms with van der Waals surface area (Å²) >= 11 is 6.06. The van der Waals surface area contributed by atoms with Crippen LogP contribution >= 0.6 is 11.6 Å². The minimum absolute atomic E-state index is 0.203. The number of nitrogens with one attached hydrogen (secondary N) is 1. The molecule has 0 amide bonds. The quantitative estimate of drug-likeness (QED) is 0.897. The van der Waals surface area contributed by atoms with Gasteiger partial charge in [-0.3, -0.25) is 4.68 Å². The van der Waals surface area contributed by atoms with E-state index in [1.165, 1.54) is 0 Å². The van der Waals surface area contributed by atoms with Crippen LogP contribution in [0.15, 0.2) is 18.2 Å². The van der Waals surface area contributed by atoms with E-state index in [0.717, 1.165) is 17.1 Å². The number of phenolic OH excluding ortho intramolecular Hbond substituents is 1. The Morgan fingerprint density at radius 3 is 2.67 bits per heavy atom. The van der Waals surface area contributed by atoms with Gasteiger partial charge in [0.15, 0.2) is 0 Å². The van der Waals surface area contributed by atoms with Crippen molar-refractivity contribution in [1.29, 1.82) is 0 Å². The maximum absolute atomic E-state index is 9.77. The molecule has 0 unspecified atom stereocenters. The van der Waals surface area contributed by atoms with Gasteiger partial charge in [0.05, 0.1) is 17.1 Å². The highest BCUT2D eigenvalue weighted by Crippen LogP contribution is 2.27. The van der Waals surface area contributed by atoms with Gasteiger partial charge in [-0.05, 0) is 26.0 Å². The Bertz CT molecular complexity index is 558. The lowest BCUT2D eigenvalue weighted by atomic mass is 10.2. The Kier molecular flexibility index (Phi) is 3.48. The SMILES string of the molecule is Cc1nn(C)c(C)c1NCc1c(O)cccc1Cl. The fourth-order valence-corrected chi connectivity index (χ4v) is 2.16. The summed E-state index contributed by atoms with van der Waals surface area (Å²) in [4.78, 5) is 0. The zero-order valence-corrected chi connectivity index (χ0v) is 11.4. The van der Waals surface area contributed by atoms with E-state index in [4.69, 9.17) is 11.6 Å². The van der Waals surface area contributed by atoms with Crippen molar-refractivity contribution >= 4 is 17.3 Å². The van der Waals surface area contributed by atoms with Crippen LogP contribution in [0.1, 0.15) is 17.0 Å². The Labute approximate surface area is 111 Å². The highest BCUT2D eigenvalue weighted by atomic mass is 35.5. The van der Waals surface area contributed by atoms with Crippen molar-refractivity contribution < 1.29 is 5.11 Å². The van der Waals surface area contributed by atoms with Crippen molar-refractivity contribution in [2.24, 2.45) is 7.05 Å². The third-order valence-corrected chi connectivity index (χ3v) is 3.40. The average Bonchev–Trinajstić information content (AvgIpc) is 2.54. The second kappa shape index (κ2) is 4.90. The molecule has 18 heavy (non-hydrogen) atoms. The summed E-state index contributed by atoms with van der Waals surface area (Å²) in [5, 5.41) is 17.9. The molecule has 0 spiro atoms. The molecule has 1 heterocycles. The molecule has 5 heteroatoms. The van der Waals surface area contributed by atoms with E-state index in [9.17, 15) is 5.11 Å². The molecule has 2 aromatic rings. The van der Waals surface area contributed by atoms with Crippen LogP contribution < -0.4 is 5.32 Å². The van der Waals surface area contributed by atoms with Crippen LogP contribution in [0.3, 0.4) is 0 Å². The molecule has 0 atom stereocenters. The number of aromatic nitrogens is 2. The first-order chi connectivity index (χ1) is 8.50. The summed E-state index contributed by atoms with van der Waals surface area (Å²) in [6, 6.07) is 5.12. The highest BCUT2D eigenvalue weighted by molar-refractivity contribution is 6.31. The number of rotatable bonds is 3. The molecule has 0 aliphatic rings. The normalized spacial score (nSPS) is 10.7. The number of aryl methyl sites for hydroxylation is 2. The third-order valence-electron chi connectivity index (χ3n) is 3.05.